The molecule has 0 radical (unpaired) electrons. The number of hydrogen-bond acceptors (Lipinski definition) is 2. The summed E-state index contributed by atoms with van der Waals surface area (Å²) in [5.74, 6) is 0.228. The van der Waals surface area contributed by atoms with E-state index in [2.05, 4.69) is 6.92 Å². The average molecular weight is 317 g/mol. The van der Waals surface area contributed by atoms with Crippen LogP contribution >= 0.6 is 11.8 Å². The Kier molecular flexibility index (Phi) is 6.46. The van der Waals surface area contributed by atoms with E-state index in [4.69, 9.17) is 0 Å². The van der Waals surface area contributed by atoms with Crippen molar-refractivity contribution >= 4 is 17.7 Å². The first-order valence-electron chi connectivity index (χ1n) is 7.39. The number of nitrogens with zero attached hydrogens (tertiary/aromatic N) is 1. The van der Waals surface area contributed by atoms with Crippen LogP contribution in [0.3, 0.4) is 0 Å². The fourth-order valence-electron chi connectivity index (χ4n) is 2.13. The molecule has 0 heterocycles. The molecule has 2 aromatic carbocycles. The van der Waals surface area contributed by atoms with Gasteiger partial charge in [-0.15, -0.1) is 11.8 Å². The van der Waals surface area contributed by atoms with Gasteiger partial charge in [-0.3, -0.25) is 4.79 Å². The summed E-state index contributed by atoms with van der Waals surface area (Å²) < 4.78 is 12.9. The molecule has 116 valence electrons. The fraction of sp³-hybridized carbons (Fsp3) is 0.278. The summed E-state index contributed by atoms with van der Waals surface area (Å²) in [5.41, 5.74) is 1.14. The van der Waals surface area contributed by atoms with E-state index in [1.165, 1.54) is 23.9 Å². The van der Waals surface area contributed by atoms with E-state index in [-0.39, 0.29) is 11.7 Å². The van der Waals surface area contributed by atoms with Crippen molar-refractivity contribution in [2.45, 2.75) is 24.8 Å². The highest BCUT2D eigenvalue weighted by molar-refractivity contribution is 8.00. The molecule has 0 unspecified atom stereocenters. The molecule has 2 rings (SSSR count). The number of rotatable bonds is 7. The minimum atomic E-state index is -0.257. The van der Waals surface area contributed by atoms with Crippen molar-refractivity contribution in [2.24, 2.45) is 0 Å². The van der Waals surface area contributed by atoms with E-state index in [0.29, 0.717) is 12.3 Å². The van der Waals surface area contributed by atoms with Crippen molar-refractivity contribution in [1.29, 1.82) is 0 Å². The van der Waals surface area contributed by atoms with E-state index >= 15 is 0 Å². The van der Waals surface area contributed by atoms with Gasteiger partial charge in [0.2, 0.25) is 5.91 Å². The van der Waals surface area contributed by atoms with Gasteiger partial charge in [0.05, 0.1) is 5.75 Å². The van der Waals surface area contributed by atoms with Gasteiger partial charge in [-0.2, -0.15) is 0 Å². The van der Waals surface area contributed by atoms with Crippen molar-refractivity contribution in [3.63, 3.8) is 0 Å². The first-order chi connectivity index (χ1) is 10.7. The second-order valence-electron chi connectivity index (χ2n) is 5.04. The van der Waals surface area contributed by atoms with Crippen molar-refractivity contribution in [3.05, 3.63) is 66.0 Å². The topological polar surface area (TPSA) is 20.3 Å². The molecular weight excluding hydrogens is 297 g/mol. The molecule has 2 nitrogen and oxygen atoms in total. The first-order valence-corrected chi connectivity index (χ1v) is 8.37. The second-order valence-corrected chi connectivity index (χ2v) is 6.09. The summed E-state index contributed by atoms with van der Waals surface area (Å²) in [7, 11) is 0. The molecule has 0 aliphatic rings. The highest BCUT2D eigenvalue weighted by Gasteiger charge is 2.13. The molecule has 0 atom stereocenters. The lowest BCUT2D eigenvalue weighted by atomic mass is 10.2. The van der Waals surface area contributed by atoms with Gasteiger partial charge in [0.1, 0.15) is 5.82 Å². The number of carbonyl (C=O) groups is 1. The SMILES string of the molecule is CCCN(Cc1ccccc1)C(=O)CSc1ccc(F)cc1. The van der Waals surface area contributed by atoms with Crippen molar-refractivity contribution in [2.75, 3.05) is 12.3 Å². The molecule has 1 amide bonds. The molecule has 0 spiro atoms. The summed E-state index contributed by atoms with van der Waals surface area (Å²) in [4.78, 5) is 15.2. The van der Waals surface area contributed by atoms with E-state index < -0.39 is 0 Å². The van der Waals surface area contributed by atoms with Gasteiger partial charge < -0.3 is 4.90 Å². The zero-order valence-corrected chi connectivity index (χ0v) is 13.5. The highest BCUT2D eigenvalue weighted by Crippen LogP contribution is 2.19. The highest BCUT2D eigenvalue weighted by atomic mass is 32.2. The monoisotopic (exact) mass is 317 g/mol. The molecule has 0 saturated carbocycles. The summed E-state index contributed by atoms with van der Waals surface area (Å²) in [5, 5.41) is 0. The number of halogens is 1. The summed E-state index contributed by atoms with van der Waals surface area (Å²) >= 11 is 1.44. The molecule has 0 aromatic heterocycles. The lowest BCUT2D eigenvalue weighted by Crippen LogP contribution is -2.32. The normalized spacial score (nSPS) is 10.5. The van der Waals surface area contributed by atoms with Crippen LogP contribution in [0.4, 0.5) is 4.39 Å². The third-order valence-electron chi connectivity index (χ3n) is 3.24. The van der Waals surface area contributed by atoms with Crippen LogP contribution < -0.4 is 0 Å². The Balaban J connectivity index is 1.93. The van der Waals surface area contributed by atoms with Crippen molar-refractivity contribution in [1.82, 2.24) is 4.90 Å². The van der Waals surface area contributed by atoms with E-state index in [9.17, 15) is 9.18 Å². The standard InChI is InChI=1S/C18H20FNOS/c1-2-12-20(13-15-6-4-3-5-7-15)18(21)14-22-17-10-8-16(19)9-11-17/h3-11H,2,12-14H2,1H3. The number of benzene rings is 2. The molecule has 0 aliphatic carbocycles. The molecule has 0 aliphatic heterocycles. The van der Waals surface area contributed by atoms with E-state index in [0.717, 1.165) is 23.4 Å². The zero-order chi connectivity index (χ0) is 15.8. The summed E-state index contributed by atoms with van der Waals surface area (Å²) in [6, 6.07) is 16.2. The van der Waals surface area contributed by atoms with Crippen LogP contribution in [0.15, 0.2) is 59.5 Å². The van der Waals surface area contributed by atoms with Crippen LogP contribution in [0.25, 0.3) is 0 Å². The quantitative estimate of drug-likeness (QED) is 0.707. The van der Waals surface area contributed by atoms with Gasteiger partial charge in [0.25, 0.3) is 0 Å². The lowest BCUT2D eigenvalue weighted by Gasteiger charge is -2.22. The summed E-state index contributed by atoms with van der Waals surface area (Å²) in [6.07, 6.45) is 0.930. The maximum absolute atomic E-state index is 12.9. The second kappa shape index (κ2) is 8.59. The minimum Gasteiger partial charge on any atom is -0.338 e. The van der Waals surface area contributed by atoms with E-state index in [1.54, 1.807) is 12.1 Å². The molecule has 0 saturated heterocycles. The maximum Gasteiger partial charge on any atom is 0.233 e. The Morgan fingerprint density at radius 3 is 2.41 bits per heavy atom. The minimum absolute atomic E-state index is 0.111. The molecule has 22 heavy (non-hydrogen) atoms. The Labute approximate surface area is 135 Å². The third-order valence-corrected chi connectivity index (χ3v) is 4.24. The third kappa shape index (κ3) is 5.19. The molecule has 2 aromatic rings. The van der Waals surface area contributed by atoms with Crippen LogP contribution in [0.2, 0.25) is 0 Å². The smallest absolute Gasteiger partial charge is 0.233 e. The van der Waals surface area contributed by atoms with Gasteiger partial charge in [-0.05, 0) is 36.2 Å². The van der Waals surface area contributed by atoms with Crippen molar-refractivity contribution < 1.29 is 9.18 Å². The number of carbonyl (C=O) groups excluding carboxylic acids is 1. The Bertz CT molecular complexity index is 586. The van der Waals surface area contributed by atoms with Crippen LogP contribution in [0, 0.1) is 5.82 Å². The van der Waals surface area contributed by atoms with Gasteiger partial charge >= 0.3 is 0 Å². The van der Waals surface area contributed by atoms with E-state index in [1.807, 2.05) is 35.2 Å². The zero-order valence-electron chi connectivity index (χ0n) is 12.7. The van der Waals surface area contributed by atoms with Crippen LogP contribution in [0.5, 0.6) is 0 Å². The van der Waals surface area contributed by atoms with Gasteiger partial charge in [0, 0.05) is 18.0 Å². The molecule has 4 heteroatoms. The predicted octanol–water partition coefficient (Wildman–Crippen LogP) is 4.36. The van der Waals surface area contributed by atoms with Gasteiger partial charge in [-0.25, -0.2) is 4.39 Å². The molecule has 0 bridgehead atoms. The largest absolute Gasteiger partial charge is 0.338 e. The number of amides is 1. The van der Waals surface area contributed by atoms with Gasteiger partial charge in [-0.1, -0.05) is 37.3 Å². The molecular formula is C18H20FNOS. The van der Waals surface area contributed by atoms with Crippen LogP contribution in [-0.2, 0) is 11.3 Å². The van der Waals surface area contributed by atoms with Crippen LogP contribution in [0.1, 0.15) is 18.9 Å². The first kappa shape index (κ1) is 16.6. The van der Waals surface area contributed by atoms with Gasteiger partial charge in [0.15, 0.2) is 0 Å². The van der Waals surface area contributed by atoms with Crippen molar-refractivity contribution in [3.8, 4) is 0 Å². The average Bonchev–Trinajstić information content (AvgIpc) is 2.54. The summed E-state index contributed by atoms with van der Waals surface area (Å²) in [6.45, 7) is 3.45. The fourth-order valence-corrected chi connectivity index (χ4v) is 2.93. The number of hydrogen-bond donors (Lipinski definition) is 0. The number of thioether (sulfide) groups is 1. The molecule has 0 N–H and O–H groups in total. The molecule has 0 fully saturated rings. The lowest BCUT2D eigenvalue weighted by molar-refractivity contribution is -0.129. The Hall–Kier alpha value is -1.81. The van der Waals surface area contributed by atoms with Crippen LogP contribution in [-0.4, -0.2) is 23.1 Å². The predicted molar refractivity (Wildman–Crippen MR) is 89.3 cm³/mol. The Morgan fingerprint density at radius 2 is 1.77 bits per heavy atom. The Morgan fingerprint density at radius 1 is 1.09 bits per heavy atom. The maximum atomic E-state index is 12.9.